The summed E-state index contributed by atoms with van der Waals surface area (Å²) in [7, 11) is 0. The molecule has 1 rings (SSSR count). The van der Waals surface area contributed by atoms with Crippen molar-refractivity contribution in [2.75, 3.05) is 38.7 Å². The lowest BCUT2D eigenvalue weighted by molar-refractivity contribution is 0.0540. The van der Waals surface area contributed by atoms with E-state index < -0.39 is 0 Å². The van der Waals surface area contributed by atoms with Crippen LogP contribution in [0.2, 0.25) is 0 Å². The van der Waals surface area contributed by atoms with E-state index in [1.807, 2.05) is 0 Å². The summed E-state index contributed by atoms with van der Waals surface area (Å²) in [6, 6.07) is 0. The number of hydrogen-bond acceptors (Lipinski definition) is 2. The van der Waals surface area contributed by atoms with Crippen LogP contribution in [-0.2, 0) is 4.74 Å². The molecule has 13 heavy (non-hydrogen) atoms. The van der Waals surface area contributed by atoms with Gasteiger partial charge in [-0.2, -0.15) is 0 Å². The molecular formula is C10H20ClNO. The molecule has 0 unspecified atom stereocenters. The van der Waals surface area contributed by atoms with Gasteiger partial charge in [-0.15, -0.1) is 11.6 Å². The Morgan fingerprint density at radius 3 is 2.62 bits per heavy atom. The standard InChI is InChI=1S/C10H20ClNO/c1-2-12(6-5-11)9-10-3-7-13-8-4-10/h10H,2-9H2,1H3. The SMILES string of the molecule is CCN(CCCl)CC1CCOCC1. The summed E-state index contributed by atoms with van der Waals surface area (Å²) >= 11 is 5.73. The zero-order chi connectivity index (χ0) is 9.52. The van der Waals surface area contributed by atoms with E-state index in [9.17, 15) is 0 Å². The van der Waals surface area contributed by atoms with Gasteiger partial charge >= 0.3 is 0 Å². The van der Waals surface area contributed by atoms with Gasteiger partial charge in [0, 0.05) is 32.2 Å². The lowest BCUT2D eigenvalue weighted by Gasteiger charge is -2.28. The molecule has 0 saturated carbocycles. The van der Waals surface area contributed by atoms with Crippen molar-refractivity contribution in [3.63, 3.8) is 0 Å². The molecule has 1 heterocycles. The number of halogens is 1. The van der Waals surface area contributed by atoms with Crippen LogP contribution < -0.4 is 0 Å². The minimum atomic E-state index is 0.747. The second-order valence-corrected chi connectivity index (χ2v) is 4.02. The fourth-order valence-electron chi connectivity index (χ4n) is 1.79. The summed E-state index contributed by atoms with van der Waals surface area (Å²) in [6.07, 6.45) is 2.44. The largest absolute Gasteiger partial charge is 0.381 e. The van der Waals surface area contributed by atoms with E-state index in [4.69, 9.17) is 16.3 Å². The van der Waals surface area contributed by atoms with Gasteiger partial charge in [0.25, 0.3) is 0 Å². The van der Waals surface area contributed by atoms with E-state index in [-0.39, 0.29) is 0 Å². The molecule has 0 N–H and O–H groups in total. The predicted octanol–water partition coefficient (Wildman–Crippen LogP) is 1.97. The van der Waals surface area contributed by atoms with Crippen LogP contribution in [0.1, 0.15) is 19.8 Å². The maximum atomic E-state index is 5.73. The van der Waals surface area contributed by atoms with E-state index in [1.165, 1.54) is 19.4 Å². The Labute approximate surface area is 86.2 Å². The van der Waals surface area contributed by atoms with Gasteiger partial charge < -0.3 is 9.64 Å². The summed E-state index contributed by atoms with van der Waals surface area (Å²) in [5.74, 6) is 1.58. The topological polar surface area (TPSA) is 12.5 Å². The highest BCUT2D eigenvalue weighted by molar-refractivity contribution is 6.18. The van der Waals surface area contributed by atoms with Gasteiger partial charge in [-0.05, 0) is 25.3 Å². The quantitative estimate of drug-likeness (QED) is 0.637. The maximum absolute atomic E-state index is 5.73. The van der Waals surface area contributed by atoms with Crippen molar-refractivity contribution in [2.24, 2.45) is 5.92 Å². The molecule has 0 aromatic rings. The molecule has 0 bridgehead atoms. The minimum absolute atomic E-state index is 0.747. The van der Waals surface area contributed by atoms with Crippen molar-refractivity contribution in [1.82, 2.24) is 4.90 Å². The first kappa shape index (κ1) is 11.3. The normalized spacial score (nSPS) is 19.6. The zero-order valence-corrected chi connectivity index (χ0v) is 9.22. The first-order valence-corrected chi connectivity index (χ1v) is 5.76. The second kappa shape index (κ2) is 6.63. The summed E-state index contributed by atoms with van der Waals surface area (Å²) < 4.78 is 5.33. The van der Waals surface area contributed by atoms with Crippen LogP contribution in [0, 0.1) is 5.92 Å². The van der Waals surface area contributed by atoms with Gasteiger partial charge in [-0.3, -0.25) is 0 Å². The second-order valence-electron chi connectivity index (χ2n) is 3.64. The third-order valence-electron chi connectivity index (χ3n) is 2.71. The molecule has 0 aromatic carbocycles. The van der Waals surface area contributed by atoms with E-state index in [0.29, 0.717) is 0 Å². The number of alkyl halides is 1. The Kier molecular flexibility index (Phi) is 5.76. The average Bonchev–Trinajstić information content (AvgIpc) is 2.19. The van der Waals surface area contributed by atoms with Crippen molar-refractivity contribution in [2.45, 2.75) is 19.8 Å². The van der Waals surface area contributed by atoms with Crippen molar-refractivity contribution in [3.8, 4) is 0 Å². The Hall–Kier alpha value is 0.210. The van der Waals surface area contributed by atoms with E-state index in [2.05, 4.69) is 11.8 Å². The third kappa shape index (κ3) is 4.30. The smallest absolute Gasteiger partial charge is 0.0469 e. The molecule has 0 radical (unpaired) electrons. The first-order chi connectivity index (χ1) is 6.36. The van der Waals surface area contributed by atoms with Gasteiger partial charge in [0.05, 0.1) is 0 Å². The summed E-state index contributed by atoms with van der Waals surface area (Å²) in [5.41, 5.74) is 0. The van der Waals surface area contributed by atoms with Gasteiger partial charge in [0.1, 0.15) is 0 Å². The summed E-state index contributed by atoms with van der Waals surface area (Å²) in [5, 5.41) is 0. The van der Waals surface area contributed by atoms with Crippen molar-refractivity contribution in [1.29, 1.82) is 0 Å². The van der Waals surface area contributed by atoms with Crippen LogP contribution in [0.3, 0.4) is 0 Å². The zero-order valence-electron chi connectivity index (χ0n) is 8.47. The van der Waals surface area contributed by atoms with Crippen LogP contribution in [0.25, 0.3) is 0 Å². The average molecular weight is 206 g/mol. The molecule has 2 nitrogen and oxygen atoms in total. The van der Waals surface area contributed by atoms with Crippen molar-refractivity contribution < 1.29 is 4.74 Å². The molecular weight excluding hydrogens is 186 g/mol. The van der Waals surface area contributed by atoms with E-state index >= 15 is 0 Å². The Balaban J connectivity index is 2.18. The van der Waals surface area contributed by atoms with Crippen molar-refractivity contribution in [3.05, 3.63) is 0 Å². The monoisotopic (exact) mass is 205 g/mol. The molecule has 78 valence electrons. The number of hydrogen-bond donors (Lipinski definition) is 0. The molecule has 0 aromatic heterocycles. The van der Waals surface area contributed by atoms with Crippen LogP contribution in [0.5, 0.6) is 0 Å². The molecule has 0 spiro atoms. The van der Waals surface area contributed by atoms with Crippen LogP contribution in [0.4, 0.5) is 0 Å². The van der Waals surface area contributed by atoms with Crippen LogP contribution in [0.15, 0.2) is 0 Å². The highest BCUT2D eigenvalue weighted by Crippen LogP contribution is 2.15. The molecule has 1 fully saturated rings. The van der Waals surface area contributed by atoms with Gasteiger partial charge in [-0.25, -0.2) is 0 Å². The maximum Gasteiger partial charge on any atom is 0.0469 e. The Morgan fingerprint density at radius 2 is 2.08 bits per heavy atom. The highest BCUT2D eigenvalue weighted by Gasteiger charge is 2.16. The summed E-state index contributed by atoms with van der Waals surface area (Å²) in [4.78, 5) is 2.43. The van der Waals surface area contributed by atoms with E-state index in [0.717, 1.165) is 38.1 Å². The minimum Gasteiger partial charge on any atom is -0.381 e. The highest BCUT2D eigenvalue weighted by atomic mass is 35.5. The fraction of sp³-hybridized carbons (Fsp3) is 1.00. The summed E-state index contributed by atoms with van der Waals surface area (Å²) in [6.45, 7) is 7.43. The molecule has 0 atom stereocenters. The molecule has 0 amide bonds. The molecule has 3 heteroatoms. The van der Waals surface area contributed by atoms with Crippen LogP contribution >= 0.6 is 11.6 Å². The molecule has 1 saturated heterocycles. The number of rotatable bonds is 5. The predicted molar refractivity (Wildman–Crippen MR) is 56.4 cm³/mol. The van der Waals surface area contributed by atoms with Gasteiger partial charge in [0.15, 0.2) is 0 Å². The number of nitrogens with zero attached hydrogens (tertiary/aromatic N) is 1. The molecule has 1 aliphatic heterocycles. The first-order valence-electron chi connectivity index (χ1n) is 5.23. The van der Waals surface area contributed by atoms with Crippen molar-refractivity contribution >= 4 is 11.6 Å². The number of ether oxygens (including phenoxy) is 1. The Morgan fingerprint density at radius 1 is 1.38 bits per heavy atom. The molecule has 0 aliphatic carbocycles. The van der Waals surface area contributed by atoms with Crippen LogP contribution in [-0.4, -0.2) is 43.6 Å². The third-order valence-corrected chi connectivity index (χ3v) is 2.87. The van der Waals surface area contributed by atoms with Gasteiger partial charge in [0.2, 0.25) is 0 Å². The van der Waals surface area contributed by atoms with E-state index in [1.54, 1.807) is 0 Å². The Bertz CT molecular complexity index is 123. The lowest BCUT2D eigenvalue weighted by Crippen LogP contribution is -2.33. The molecule has 1 aliphatic rings. The lowest BCUT2D eigenvalue weighted by atomic mass is 10.00. The fourth-order valence-corrected chi connectivity index (χ4v) is 2.03. The van der Waals surface area contributed by atoms with Gasteiger partial charge in [-0.1, -0.05) is 6.92 Å².